The van der Waals surface area contributed by atoms with Gasteiger partial charge >= 0.3 is 0 Å². The second-order valence-corrected chi connectivity index (χ2v) is 11.1. The molecule has 2 fully saturated rings. The zero-order valence-electron chi connectivity index (χ0n) is 17.7. The van der Waals surface area contributed by atoms with Crippen molar-refractivity contribution in [2.45, 2.75) is 80.1 Å². The number of carbonyl (C=O) groups excluding carboxylic acids is 1. The molecular formula is C22H42N2O. The Morgan fingerprint density at radius 2 is 1.80 bits per heavy atom. The summed E-state index contributed by atoms with van der Waals surface area (Å²) in [4.78, 5) is 13.1. The Bertz CT molecular complexity index is 445. The van der Waals surface area contributed by atoms with E-state index in [1.54, 1.807) is 0 Å². The molecule has 3 atom stereocenters. The fourth-order valence-corrected chi connectivity index (χ4v) is 6.64. The van der Waals surface area contributed by atoms with Gasteiger partial charge in [0.15, 0.2) is 0 Å². The van der Waals surface area contributed by atoms with Crippen LogP contribution in [-0.2, 0) is 4.79 Å². The van der Waals surface area contributed by atoms with Gasteiger partial charge in [-0.1, -0.05) is 41.5 Å². The van der Waals surface area contributed by atoms with Gasteiger partial charge in [-0.05, 0) is 73.2 Å². The summed E-state index contributed by atoms with van der Waals surface area (Å²) in [6, 6.07) is 0. The number of fused-ring (bicyclic) bond motifs is 2. The van der Waals surface area contributed by atoms with Crippen LogP contribution in [0.15, 0.2) is 0 Å². The van der Waals surface area contributed by atoms with Crippen molar-refractivity contribution in [3.05, 3.63) is 0 Å². The van der Waals surface area contributed by atoms with Gasteiger partial charge in [0.1, 0.15) is 0 Å². The van der Waals surface area contributed by atoms with Gasteiger partial charge in [0.05, 0.1) is 0 Å². The van der Waals surface area contributed by atoms with E-state index in [2.05, 4.69) is 51.8 Å². The maximum absolute atomic E-state index is 10.5. The second kappa shape index (κ2) is 7.98. The molecular weight excluding hydrogens is 308 g/mol. The molecule has 2 rings (SSSR count). The first-order valence-corrected chi connectivity index (χ1v) is 10.4. The summed E-state index contributed by atoms with van der Waals surface area (Å²) in [6.45, 7) is 18.7. The first kappa shape index (κ1) is 20.7. The Hall–Kier alpha value is -0.570. The zero-order valence-corrected chi connectivity index (χ0v) is 17.7. The normalized spacial score (nSPS) is 34.3. The van der Waals surface area contributed by atoms with Crippen molar-refractivity contribution in [3.8, 4) is 0 Å². The predicted molar refractivity (Wildman–Crippen MR) is 107 cm³/mol. The number of rotatable bonds is 9. The highest BCUT2D eigenvalue weighted by molar-refractivity contribution is 5.45. The Morgan fingerprint density at radius 3 is 2.40 bits per heavy atom. The van der Waals surface area contributed by atoms with Crippen molar-refractivity contribution in [2.24, 2.45) is 28.1 Å². The predicted octanol–water partition coefficient (Wildman–Crippen LogP) is 4.71. The van der Waals surface area contributed by atoms with Crippen LogP contribution >= 0.6 is 0 Å². The minimum absolute atomic E-state index is 0.488. The lowest BCUT2D eigenvalue weighted by atomic mass is 9.49. The molecule has 2 saturated carbocycles. The maximum Gasteiger partial charge on any atom is 0.207 e. The Kier molecular flexibility index (Phi) is 6.62. The lowest BCUT2D eigenvalue weighted by Gasteiger charge is -2.56. The van der Waals surface area contributed by atoms with E-state index in [1.807, 2.05) is 0 Å². The van der Waals surface area contributed by atoms with Crippen LogP contribution in [0.1, 0.15) is 80.1 Å². The van der Waals surface area contributed by atoms with Crippen LogP contribution in [0.5, 0.6) is 0 Å². The highest BCUT2D eigenvalue weighted by Crippen LogP contribution is 2.60. The largest absolute Gasteiger partial charge is 0.357 e. The van der Waals surface area contributed by atoms with E-state index in [0.29, 0.717) is 22.2 Å². The van der Waals surface area contributed by atoms with Crippen molar-refractivity contribution >= 4 is 6.41 Å². The molecule has 0 aromatic heterocycles. The summed E-state index contributed by atoms with van der Waals surface area (Å²) in [6.07, 6.45) is 9.18. The number of nitrogens with one attached hydrogen (secondary N) is 1. The van der Waals surface area contributed by atoms with E-state index < -0.39 is 0 Å². The Morgan fingerprint density at radius 1 is 1.08 bits per heavy atom. The molecule has 0 heterocycles. The van der Waals surface area contributed by atoms with Gasteiger partial charge in [-0.25, -0.2) is 0 Å². The molecule has 3 heteroatoms. The number of amides is 1. The van der Waals surface area contributed by atoms with Crippen molar-refractivity contribution in [3.63, 3.8) is 0 Å². The zero-order chi connectivity index (χ0) is 18.7. The number of hydrogen-bond donors (Lipinski definition) is 1. The summed E-state index contributed by atoms with van der Waals surface area (Å²) >= 11 is 0. The van der Waals surface area contributed by atoms with E-state index in [-0.39, 0.29) is 0 Å². The highest BCUT2D eigenvalue weighted by atomic mass is 16.1. The van der Waals surface area contributed by atoms with Crippen molar-refractivity contribution in [1.29, 1.82) is 0 Å². The van der Waals surface area contributed by atoms with Gasteiger partial charge in [0.25, 0.3) is 0 Å². The van der Waals surface area contributed by atoms with Crippen LogP contribution in [-0.4, -0.2) is 37.5 Å². The van der Waals surface area contributed by atoms with Crippen LogP contribution in [0.3, 0.4) is 0 Å². The van der Waals surface area contributed by atoms with Gasteiger partial charge in [-0.3, -0.25) is 4.79 Å². The Balaban J connectivity index is 1.94. The summed E-state index contributed by atoms with van der Waals surface area (Å²) in [5.41, 5.74) is 1.56. The molecule has 0 aromatic carbocycles. The second-order valence-electron chi connectivity index (χ2n) is 11.1. The molecule has 0 saturated heterocycles. The molecule has 3 unspecified atom stereocenters. The third kappa shape index (κ3) is 6.27. The fourth-order valence-electron chi connectivity index (χ4n) is 6.64. The van der Waals surface area contributed by atoms with Crippen molar-refractivity contribution in [1.82, 2.24) is 10.2 Å². The molecule has 25 heavy (non-hydrogen) atoms. The first-order valence-electron chi connectivity index (χ1n) is 10.4. The third-order valence-electron chi connectivity index (χ3n) is 6.47. The van der Waals surface area contributed by atoms with Gasteiger partial charge in [0, 0.05) is 19.6 Å². The lowest BCUT2D eigenvalue weighted by molar-refractivity contribution is -0.109. The number of hydrogen-bond acceptors (Lipinski definition) is 2. The molecule has 146 valence electrons. The number of nitrogens with zero attached hydrogens (tertiary/aromatic N) is 1. The molecule has 0 aromatic rings. The standard InChI is InChI=1S/C22H42N2O/c1-18(2)14-24(10-8-23-17-25)9-7-21(5)12-19-11-20(3,4)15-22(6,13-19)16-21/h17-19H,7-16H2,1-6H3,(H,23,25). The summed E-state index contributed by atoms with van der Waals surface area (Å²) in [5.74, 6) is 1.59. The van der Waals surface area contributed by atoms with Gasteiger partial charge in [-0.15, -0.1) is 0 Å². The van der Waals surface area contributed by atoms with E-state index >= 15 is 0 Å². The fraction of sp³-hybridized carbons (Fsp3) is 0.955. The average molecular weight is 351 g/mol. The average Bonchev–Trinajstić information content (AvgIpc) is 2.40. The monoisotopic (exact) mass is 350 g/mol. The van der Waals surface area contributed by atoms with Gasteiger partial charge < -0.3 is 10.2 Å². The molecule has 1 N–H and O–H groups in total. The van der Waals surface area contributed by atoms with Crippen molar-refractivity contribution < 1.29 is 4.79 Å². The Labute approximate surface area is 156 Å². The van der Waals surface area contributed by atoms with Gasteiger partial charge in [-0.2, -0.15) is 0 Å². The van der Waals surface area contributed by atoms with Crippen LogP contribution in [0.25, 0.3) is 0 Å². The van der Waals surface area contributed by atoms with E-state index in [1.165, 1.54) is 45.1 Å². The maximum atomic E-state index is 10.5. The van der Waals surface area contributed by atoms with Crippen LogP contribution < -0.4 is 5.32 Å². The highest BCUT2D eigenvalue weighted by Gasteiger charge is 2.49. The first-order chi connectivity index (χ1) is 11.5. The van der Waals surface area contributed by atoms with Gasteiger partial charge in [0.2, 0.25) is 6.41 Å². The van der Waals surface area contributed by atoms with Crippen molar-refractivity contribution in [2.75, 3.05) is 26.2 Å². The molecule has 2 bridgehead atoms. The molecule has 0 spiro atoms. The van der Waals surface area contributed by atoms with E-state index in [0.717, 1.165) is 32.0 Å². The van der Waals surface area contributed by atoms with E-state index in [9.17, 15) is 4.79 Å². The van der Waals surface area contributed by atoms with E-state index in [4.69, 9.17) is 0 Å². The molecule has 0 aliphatic heterocycles. The summed E-state index contributed by atoms with van der Waals surface area (Å²) in [5, 5.41) is 2.82. The third-order valence-corrected chi connectivity index (χ3v) is 6.47. The molecule has 3 nitrogen and oxygen atoms in total. The summed E-state index contributed by atoms with van der Waals surface area (Å²) in [7, 11) is 0. The molecule has 0 radical (unpaired) electrons. The smallest absolute Gasteiger partial charge is 0.207 e. The van der Waals surface area contributed by atoms with Crippen LogP contribution in [0, 0.1) is 28.1 Å². The van der Waals surface area contributed by atoms with Crippen LogP contribution in [0.2, 0.25) is 0 Å². The van der Waals surface area contributed by atoms with Crippen LogP contribution in [0.4, 0.5) is 0 Å². The molecule has 2 aliphatic rings. The number of carbonyl (C=O) groups is 1. The molecule has 1 amide bonds. The topological polar surface area (TPSA) is 32.3 Å². The minimum atomic E-state index is 0.488. The lowest BCUT2D eigenvalue weighted by Crippen LogP contribution is -2.46. The molecule has 2 aliphatic carbocycles. The minimum Gasteiger partial charge on any atom is -0.357 e. The quantitative estimate of drug-likeness (QED) is 0.482. The summed E-state index contributed by atoms with van der Waals surface area (Å²) < 4.78 is 0. The SMILES string of the molecule is CC(C)CN(CCNC=O)CCC1(C)CC2CC(C)(C)CC(C)(C2)C1.